The number of rotatable bonds is 6. The number of hydrogen-bond acceptors (Lipinski definition) is 8. The van der Waals surface area contributed by atoms with Crippen molar-refractivity contribution < 1.29 is 14.3 Å². The molecule has 2 unspecified atom stereocenters. The van der Waals surface area contributed by atoms with E-state index in [-0.39, 0.29) is 18.0 Å². The second kappa shape index (κ2) is 9.93. The maximum Gasteiger partial charge on any atom is 0.254 e. The number of imidazole rings is 1. The fraction of sp³-hybridized carbons (Fsp3) is 0.412. The molecular weight excluding hydrogens is 568 g/mol. The summed E-state index contributed by atoms with van der Waals surface area (Å²) in [6, 6.07) is 12.3. The van der Waals surface area contributed by atoms with E-state index in [1.807, 2.05) is 42.4 Å². The number of anilines is 1. The Morgan fingerprint density at radius 2 is 2.02 bits per heavy atom. The molecule has 45 heavy (non-hydrogen) atoms. The minimum Gasteiger partial charge on any atom is -0.494 e. The van der Waals surface area contributed by atoms with E-state index >= 15 is 0 Å². The minimum atomic E-state index is 0.00229. The number of benzene rings is 1. The van der Waals surface area contributed by atoms with Crippen LogP contribution in [0.4, 0.5) is 5.82 Å². The van der Waals surface area contributed by atoms with Crippen LogP contribution in [-0.2, 0) is 13.6 Å². The number of nitrogens with one attached hydrogen (secondary N) is 1. The second-order valence-electron chi connectivity index (χ2n) is 13.0. The first-order valence-electron chi connectivity index (χ1n) is 16.0. The van der Waals surface area contributed by atoms with Crippen LogP contribution in [0.2, 0.25) is 0 Å². The lowest BCUT2D eigenvalue weighted by molar-refractivity contribution is 0.0700. The van der Waals surface area contributed by atoms with Crippen LogP contribution in [0.15, 0.2) is 42.6 Å². The average molecular weight is 605 g/mol. The summed E-state index contributed by atoms with van der Waals surface area (Å²) in [5.41, 5.74) is 12.3. The number of piperidine rings is 1. The van der Waals surface area contributed by atoms with E-state index in [9.17, 15) is 4.79 Å². The standard InChI is InChI=1S/C34H36N8O3/c1-40-30-24(11-21(13-27(30)44-2)34(43)42-17-20-6-8-25(42)29(20)35)39-33(40)26-12-19-5-7-23(38-32(19)41(26)16-18-3-4-18)22-14-28-31(37-15-22)36-9-10-45-28/h5,7,11-15,18,20,25,29H,3-4,6,8-10,16-17,35H2,1-2H3,(H,36,37)/t20?,25?,29-/m1/s1. The molecule has 3 N–H and O–H groups in total. The number of aromatic nitrogens is 5. The van der Waals surface area contributed by atoms with E-state index in [0.717, 1.165) is 88.9 Å². The van der Waals surface area contributed by atoms with Crippen LogP contribution in [0.5, 0.6) is 11.5 Å². The topological polar surface area (TPSA) is 125 Å². The Morgan fingerprint density at radius 1 is 1.13 bits per heavy atom. The molecule has 2 aliphatic carbocycles. The molecule has 0 radical (unpaired) electrons. The number of carbonyl (C=O) groups is 1. The molecule has 5 aromatic rings. The largest absolute Gasteiger partial charge is 0.494 e. The van der Waals surface area contributed by atoms with Crippen molar-refractivity contribution in [3.63, 3.8) is 0 Å². The Morgan fingerprint density at radius 3 is 2.80 bits per heavy atom. The van der Waals surface area contributed by atoms with Crippen LogP contribution >= 0.6 is 0 Å². The van der Waals surface area contributed by atoms with Crippen molar-refractivity contribution in [1.82, 2.24) is 29.0 Å². The van der Waals surface area contributed by atoms with Crippen molar-refractivity contribution in [2.45, 2.75) is 44.3 Å². The Kier molecular flexibility index (Phi) is 5.90. The van der Waals surface area contributed by atoms with E-state index in [2.05, 4.69) is 31.6 Å². The number of pyridine rings is 2. The highest BCUT2D eigenvalue weighted by atomic mass is 16.5. The van der Waals surface area contributed by atoms with Crippen molar-refractivity contribution in [2.24, 2.45) is 24.6 Å². The monoisotopic (exact) mass is 604 g/mol. The van der Waals surface area contributed by atoms with E-state index in [4.69, 9.17) is 25.2 Å². The van der Waals surface area contributed by atoms with Crippen molar-refractivity contribution in [2.75, 3.05) is 32.1 Å². The van der Waals surface area contributed by atoms with Crippen LogP contribution in [-0.4, -0.2) is 73.8 Å². The fourth-order valence-corrected chi connectivity index (χ4v) is 7.64. The van der Waals surface area contributed by atoms with Gasteiger partial charge >= 0.3 is 0 Å². The Balaban J connectivity index is 1.14. The zero-order chi connectivity index (χ0) is 30.4. The molecule has 4 aliphatic rings. The summed E-state index contributed by atoms with van der Waals surface area (Å²) in [6.07, 6.45) is 6.34. The molecule has 6 heterocycles. The van der Waals surface area contributed by atoms with Crippen LogP contribution < -0.4 is 20.5 Å². The Bertz CT molecular complexity index is 2010. The van der Waals surface area contributed by atoms with Gasteiger partial charge in [0.1, 0.15) is 23.5 Å². The molecular formula is C34H36N8O3. The third kappa shape index (κ3) is 4.20. The molecule has 4 aromatic heterocycles. The van der Waals surface area contributed by atoms with E-state index in [1.54, 1.807) is 7.11 Å². The van der Waals surface area contributed by atoms with Gasteiger partial charge in [-0.3, -0.25) is 4.79 Å². The second-order valence-corrected chi connectivity index (χ2v) is 13.0. The number of likely N-dealkylation sites (tertiary alicyclic amines) is 1. The van der Waals surface area contributed by atoms with Gasteiger partial charge in [-0.2, -0.15) is 0 Å². The first-order chi connectivity index (χ1) is 22.0. The molecule has 9 rings (SSSR count). The molecule has 2 saturated carbocycles. The maximum absolute atomic E-state index is 13.7. The number of amides is 1. The highest BCUT2D eigenvalue weighted by Crippen LogP contribution is 2.40. The van der Waals surface area contributed by atoms with Crippen molar-refractivity contribution >= 4 is 33.8 Å². The molecule has 2 aliphatic heterocycles. The highest BCUT2D eigenvalue weighted by Gasteiger charge is 2.47. The van der Waals surface area contributed by atoms with Gasteiger partial charge in [0.15, 0.2) is 17.4 Å². The molecule has 1 amide bonds. The predicted octanol–water partition coefficient (Wildman–Crippen LogP) is 4.44. The van der Waals surface area contributed by atoms with Crippen LogP contribution in [0.1, 0.15) is 36.0 Å². The van der Waals surface area contributed by atoms with E-state index in [1.165, 1.54) is 12.8 Å². The van der Waals surface area contributed by atoms with Gasteiger partial charge in [-0.25, -0.2) is 15.0 Å². The van der Waals surface area contributed by atoms with Gasteiger partial charge in [-0.05, 0) is 73.9 Å². The molecule has 230 valence electrons. The van der Waals surface area contributed by atoms with Crippen molar-refractivity contribution in [3.05, 3.63) is 48.2 Å². The summed E-state index contributed by atoms with van der Waals surface area (Å²) in [5.74, 6) is 3.97. The van der Waals surface area contributed by atoms with Gasteiger partial charge in [0.05, 0.1) is 30.6 Å². The number of aryl methyl sites for hydroxylation is 1. The van der Waals surface area contributed by atoms with Gasteiger partial charge in [0, 0.05) is 54.9 Å². The minimum absolute atomic E-state index is 0.00229. The molecule has 0 spiro atoms. The average Bonchev–Trinajstić information content (AvgIpc) is 3.47. The molecule has 3 fully saturated rings. The quantitative estimate of drug-likeness (QED) is 0.292. The van der Waals surface area contributed by atoms with Crippen molar-refractivity contribution in [1.29, 1.82) is 0 Å². The Hall–Kier alpha value is -4.64. The van der Waals surface area contributed by atoms with Gasteiger partial charge in [-0.1, -0.05) is 0 Å². The normalized spacial score (nSPS) is 22.1. The molecule has 1 saturated heterocycles. The maximum atomic E-state index is 13.7. The first kappa shape index (κ1) is 26.7. The van der Waals surface area contributed by atoms with Gasteiger partial charge < -0.3 is 34.6 Å². The lowest BCUT2D eigenvalue weighted by atomic mass is 10.1. The lowest BCUT2D eigenvalue weighted by Gasteiger charge is -2.27. The zero-order valence-corrected chi connectivity index (χ0v) is 25.5. The Labute approximate surface area is 260 Å². The van der Waals surface area contributed by atoms with Gasteiger partial charge in [0.2, 0.25) is 0 Å². The summed E-state index contributed by atoms with van der Waals surface area (Å²) in [4.78, 5) is 30.6. The van der Waals surface area contributed by atoms with Gasteiger partial charge in [-0.15, -0.1) is 0 Å². The van der Waals surface area contributed by atoms with E-state index < -0.39 is 0 Å². The summed E-state index contributed by atoms with van der Waals surface area (Å²) in [7, 11) is 3.66. The van der Waals surface area contributed by atoms with E-state index in [0.29, 0.717) is 29.8 Å². The summed E-state index contributed by atoms with van der Waals surface area (Å²) in [6.45, 7) is 2.96. The van der Waals surface area contributed by atoms with Crippen LogP contribution in [0.3, 0.4) is 0 Å². The number of hydrogen-bond donors (Lipinski definition) is 2. The molecule has 3 atom stereocenters. The first-order valence-corrected chi connectivity index (χ1v) is 16.0. The summed E-state index contributed by atoms with van der Waals surface area (Å²) >= 11 is 0. The smallest absolute Gasteiger partial charge is 0.254 e. The number of ether oxygens (including phenoxy) is 2. The molecule has 1 aromatic carbocycles. The fourth-order valence-electron chi connectivity index (χ4n) is 7.64. The highest BCUT2D eigenvalue weighted by molar-refractivity contribution is 6.00. The summed E-state index contributed by atoms with van der Waals surface area (Å²) < 4.78 is 16.1. The van der Waals surface area contributed by atoms with Crippen LogP contribution in [0.25, 0.3) is 44.8 Å². The lowest BCUT2D eigenvalue weighted by Crippen LogP contribution is -2.41. The SMILES string of the molecule is COc1cc(C(=O)N2CC3CCC2[C@@H]3N)cc2nc(-c3cc4ccc(-c5cnc6c(c5)OCCN6)nc4n3CC3CC3)n(C)c12. The van der Waals surface area contributed by atoms with Crippen LogP contribution in [0, 0.1) is 11.8 Å². The third-order valence-electron chi connectivity index (χ3n) is 10.2. The number of carbonyl (C=O) groups excluding carboxylic acids is 1. The predicted molar refractivity (Wildman–Crippen MR) is 171 cm³/mol. The molecule has 11 nitrogen and oxygen atoms in total. The molecule has 2 bridgehead atoms. The van der Waals surface area contributed by atoms with Crippen molar-refractivity contribution in [3.8, 4) is 34.3 Å². The third-order valence-corrected chi connectivity index (χ3v) is 10.2. The van der Waals surface area contributed by atoms with Gasteiger partial charge in [0.25, 0.3) is 5.91 Å². The number of fused-ring (bicyclic) bond motifs is 5. The number of nitrogens with two attached hydrogens (primary N) is 1. The summed E-state index contributed by atoms with van der Waals surface area (Å²) in [5, 5.41) is 4.33. The zero-order valence-electron chi connectivity index (χ0n) is 25.5. The number of methoxy groups -OCH3 is 1. The molecule has 11 heteroatoms. The number of nitrogens with zero attached hydrogens (tertiary/aromatic N) is 6.